The molecular formula is C23H31NO2. The van der Waals surface area contributed by atoms with Gasteiger partial charge < -0.3 is 9.47 Å². The van der Waals surface area contributed by atoms with E-state index in [4.69, 9.17) is 9.47 Å². The summed E-state index contributed by atoms with van der Waals surface area (Å²) in [6.45, 7) is 9.31. The fourth-order valence-electron chi connectivity index (χ4n) is 2.99. The van der Waals surface area contributed by atoms with Crippen molar-refractivity contribution in [3.8, 4) is 11.5 Å². The van der Waals surface area contributed by atoms with Crippen LogP contribution in [0, 0.1) is 6.92 Å². The molecule has 0 N–H and O–H groups in total. The monoisotopic (exact) mass is 353 g/mol. The molecule has 0 bridgehead atoms. The molecule has 0 fully saturated rings. The molecule has 0 aliphatic rings. The van der Waals surface area contributed by atoms with Crippen LogP contribution in [0.2, 0.25) is 0 Å². The van der Waals surface area contributed by atoms with Crippen LogP contribution in [-0.2, 0) is 0 Å². The van der Waals surface area contributed by atoms with Crippen LogP contribution in [0.3, 0.4) is 0 Å². The molecular weight excluding hydrogens is 322 g/mol. The van der Waals surface area contributed by atoms with Gasteiger partial charge in [0.25, 0.3) is 0 Å². The number of ether oxygens (including phenoxy) is 2. The molecule has 0 spiro atoms. The molecule has 0 aliphatic heterocycles. The van der Waals surface area contributed by atoms with Gasteiger partial charge in [-0.15, -0.1) is 0 Å². The maximum atomic E-state index is 5.91. The minimum atomic E-state index is 0.713. The van der Waals surface area contributed by atoms with E-state index in [0.29, 0.717) is 6.61 Å². The maximum absolute atomic E-state index is 5.91. The van der Waals surface area contributed by atoms with E-state index in [1.54, 1.807) is 7.11 Å². The third kappa shape index (κ3) is 4.87. The van der Waals surface area contributed by atoms with Gasteiger partial charge in [0.15, 0.2) is 11.5 Å². The first-order valence-electron chi connectivity index (χ1n) is 9.56. The summed E-state index contributed by atoms with van der Waals surface area (Å²) in [6.07, 6.45) is 8.46. The van der Waals surface area contributed by atoms with E-state index in [1.807, 2.05) is 12.3 Å². The lowest BCUT2D eigenvalue weighted by Crippen LogP contribution is -2.30. The number of aromatic nitrogens is 1. The number of methoxy groups -OCH3 is 1. The van der Waals surface area contributed by atoms with Crippen LogP contribution in [0.4, 0.5) is 0 Å². The van der Waals surface area contributed by atoms with Crippen molar-refractivity contribution in [2.75, 3.05) is 13.7 Å². The van der Waals surface area contributed by atoms with Crippen LogP contribution in [0.15, 0.2) is 30.5 Å². The first-order chi connectivity index (χ1) is 12.6. The Labute approximate surface area is 157 Å². The largest absolute Gasteiger partial charge is 0.493 e. The third-order valence-electron chi connectivity index (χ3n) is 4.52. The van der Waals surface area contributed by atoms with Gasteiger partial charge >= 0.3 is 0 Å². The highest BCUT2D eigenvalue weighted by molar-refractivity contribution is 5.69. The van der Waals surface area contributed by atoms with Gasteiger partial charge in [0.05, 0.1) is 19.1 Å². The molecule has 2 aromatic rings. The van der Waals surface area contributed by atoms with Crippen LogP contribution < -0.4 is 20.0 Å². The Balaban J connectivity index is 2.55. The van der Waals surface area contributed by atoms with Gasteiger partial charge in [-0.3, -0.25) is 4.98 Å². The number of benzene rings is 1. The quantitative estimate of drug-likeness (QED) is 0.660. The van der Waals surface area contributed by atoms with Crippen molar-refractivity contribution >= 4 is 11.6 Å². The van der Waals surface area contributed by atoms with Crippen molar-refractivity contribution in [1.82, 2.24) is 4.98 Å². The van der Waals surface area contributed by atoms with Gasteiger partial charge in [0.1, 0.15) is 0 Å². The summed E-state index contributed by atoms with van der Waals surface area (Å²) < 4.78 is 11.5. The molecule has 1 aromatic heterocycles. The van der Waals surface area contributed by atoms with E-state index in [-0.39, 0.29) is 0 Å². The average Bonchev–Trinajstić information content (AvgIpc) is 2.66. The van der Waals surface area contributed by atoms with E-state index >= 15 is 0 Å². The zero-order valence-electron chi connectivity index (χ0n) is 16.8. The van der Waals surface area contributed by atoms with Crippen molar-refractivity contribution in [3.63, 3.8) is 0 Å². The molecule has 0 aliphatic carbocycles. The van der Waals surface area contributed by atoms with Crippen LogP contribution in [-0.4, -0.2) is 18.7 Å². The van der Waals surface area contributed by atoms with E-state index in [1.165, 1.54) is 10.8 Å². The molecule has 0 atom stereocenters. The predicted molar refractivity (Wildman–Crippen MR) is 109 cm³/mol. The van der Waals surface area contributed by atoms with Gasteiger partial charge in [-0.1, -0.05) is 38.8 Å². The smallest absolute Gasteiger partial charge is 0.161 e. The summed E-state index contributed by atoms with van der Waals surface area (Å²) in [5.74, 6) is 1.59. The summed E-state index contributed by atoms with van der Waals surface area (Å²) in [4.78, 5) is 4.65. The van der Waals surface area contributed by atoms with Gasteiger partial charge in [-0.05, 0) is 66.8 Å². The Morgan fingerprint density at radius 1 is 1.15 bits per heavy atom. The number of hydrogen-bond acceptors (Lipinski definition) is 3. The molecule has 2 rings (SSSR count). The van der Waals surface area contributed by atoms with E-state index in [0.717, 1.165) is 53.7 Å². The Kier molecular flexibility index (Phi) is 7.71. The zero-order chi connectivity index (χ0) is 18.9. The SMILES string of the molecule is CCC/C=c1\cccn\c1=C(/C)c1cc(OC)c(OCCCC)cc1C. The fraction of sp³-hybridized carbons (Fsp3) is 0.435. The number of rotatable bonds is 8. The molecule has 0 amide bonds. The number of nitrogens with zero attached hydrogens (tertiary/aromatic N) is 1. The molecule has 26 heavy (non-hydrogen) atoms. The first-order valence-corrected chi connectivity index (χ1v) is 9.56. The Hall–Kier alpha value is -2.29. The second-order valence-electron chi connectivity index (χ2n) is 6.58. The van der Waals surface area contributed by atoms with E-state index in [2.05, 4.69) is 57.0 Å². The Bertz CT molecular complexity index is 840. The highest BCUT2D eigenvalue weighted by Crippen LogP contribution is 2.33. The van der Waals surface area contributed by atoms with Crippen LogP contribution in [0.5, 0.6) is 11.5 Å². The second kappa shape index (κ2) is 10.0. The summed E-state index contributed by atoms with van der Waals surface area (Å²) in [6, 6.07) is 8.28. The number of pyridine rings is 1. The maximum Gasteiger partial charge on any atom is 0.161 e. The van der Waals surface area contributed by atoms with E-state index < -0.39 is 0 Å². The molecule has 0 saturated heterocycles. The third-order valence-corrected chi connectivity index (χ3v) is 4.52. The lowest BCUT2D eigenvalue weighted by atomic mass is 9.99. The highest BCUT2D eigenvalue weighted by atomic mass is 16.5. The zero-order valence-corrected chi connectivity index (χ0v) is 16.8. The van der Waals surface area contributed by atoms with E-state index in [9.17, 15) is 0 Å². The Morgan fingerprint density at radius 3 is 2.65 bits per heavy atom. The molecule has 3 heteroatoms. The van der Waals surface area contributed by atoms with Gasteiger partial charge in [0.2, 0.25) is 0 Å². The van der Waals surface area contributed by atoms with Crippen molar-refractivity contribution in [3.05, 3.63) is 52.2 Å². The number of hydrogen-bond donors (Lipinski definition) is 0. The molecule has 140 valence electrons. The first kappa shape index (κ1) is 20.0. The topological polar surface area (TPSA) is 31.4 Å². The minimum Gasteiger partial charge on any atom is -0.493 e. The summed E-state index contributed by atoms with van der Waals surface area (Å²) in [5, 5.41) is 2.22. The summed E-state index contributed by atoms with van der Waals surface area (Å²) in [5.41, 5.74) is 3.47. The normalized spacial score (nSPS) is 12.9. The standard InChI is InChI=1S/C23H31NO2/c1-6-8-11-19-12-10-13-24-23(19)18(4)20-16-21(25-5)22(15-17(20)3)26-14-9-7-2/h10-13,15-16H,6-9,14H2,1-5H3/b19-11+,23-18+. The Morgan fingerprint density at radius 2 is 1.96 bits per heavy atom. The average molecular weight is 354 g/mol. The lowest BCUT2D eigenvalue weighted by Gasteiger charge is -2.15. The molecule has 1 aromatic carbocycles. The van der Waals surface area contributed by atoms with Crippen molar-refractivity contribution in [2.24, 2.45) is 0 Å². The van der Waals surface area contributed by atoms with Gasteiger partial charge in [-0.2, -0.15) is 0 Å². The van der Waals surface area contributed by atoms with Gasteiger partial charge in [-0.25, -0.2) is 0 Å². The highest BCUT2D eigenvalue weighted by Gasteiger charge is 2.11. The van der Waals surface area contributed by atoms with Crippen molar-refractivity contribution in [2.45, 2.75) is 53.4 Å². The number of aryl methyl sites for hydroxylation is 1. The van der Waals surface area contributed by atoms with Crippen LogP contribution >= 0.6 is 0 Å². The second-order valence-corrected chi connectivity index (χ2v) is 6.58. The van der Waals surface area contributed by atoms with Crippen molar-refractivity contribution in [1.29, 1.82) is 0 Å². The molecule has 1 heterocycles. The summed E-state index contributed by atoms with van der Waals surface area (Å²) >= 11 is 0. The van der Waals surface area contributed by atoms with Crippen molar-refractivity contribution < 1.29 is 9.47 Å². The molecule has 3 nitrogen and oxygen atoms in total. The van der Waals surface area contributed by atoms with Crippen LogP contribution in [0.25, 0.3) is 11.6 Å². The lowest BCUT2D eigenvalue weighted by molar-refractivity contribution is 0.288. The molecule has 0 unspecified atom stereocenters. The molecule has 0 radical (unpaired) electrons. The number of unbranched alkanes of at least 4 members (excludes halogenated alkanes) is 2. The molecule has 0 saturated carbocycles. The van der Waals surface area contributed by atoms with Crippen LogP contribution in [0.1, 0.15) is 57.6 Å². The fourth-order valence-corrected chi connectivity index (χ4v) is 2.99. The summed E-state index contributed by atoms with van der Waals surface area (Å²) in [7, 11) is 1.69. The van der Waals surface area contributed by atoms with Gasteiger partial charge in [0, 0.05) is 6.20 Å². The predicted octanol–water partition coefficient (Wildman–Crippen LogP) is 4.38. The minimum absolute atomic E-state index is 0.713.